The number of rotatable bonds is 5. The van der Waals surface area contributed by atoms with E-state index in [-0.39, 0.29) is 0 Å². The van der Waals surface area contributed by atoms with Crippen molar-refractivity contribution in [2.75, 3.05) is 6.54 Å². The Kier molecular flexibility index (Phi) is 4.31. The van der Waals surface area contributed by atoms with Crippen molar-refractivity contribution < 1.29 is 0 Å². The Morgan fingerprint density at radius 1 is 1.41 bits per heavy atom. The van der Waals surface area contributed by atoms with Gasteiger partial charge in [-0.15, -0.1) is 22.7 Å². The fourth-order valence-electron chi connectivity index (χ4n) is 1.91. The first-order valence-corrected chi connectivity index (χ1v) is 7.56. The second-order valence-corrected chi connectivity index (χ2v) is 6.62. The summed E-state index contributed by atoms with van der Waals surface area (Å²) in [7, 11) is 0. The number of aryl methyl sites for hydroxylation is 2. The van der Waals surface area contributed by atoms with Crippen molar-refractivity contribution in [3.05, 3.63) is 38.0 Å². The molecule has 0 aliphatic heterocycles. The predicted octanol–water partition coefficient (Wildman–Crippen LogP) is 3.71. The smallest absolute Gasteiger partial charge is 0.0900 e. The zero-order chi connectivity index (χ0) is 12.3. The zero-order valence-corrected chi connectivity index (χ0v) is 12.1. The van der Waals surface area contributed by atoms with E-state index in [1.807, 2.05) is 11.3 Å². The van der Waals surface area contributed by atoms with Gasteiger partial charge in [-0.1, -0.05) is 6.07 Å². The summed E-state index contributed by atoms with van der Waals surface area (Å²) in [5.74, 6) is 0. The highest BCUT2D eigenvalue weighted by atomic mass is 32.1. The van der Waals surface area contributed by atoms with E-state index < -0.39 is 0 Å². The number of hydrogen-bond acceptors (Lipinski definition) is 4. The van der Waals surface area contributed by atoms with Gasteiger partial charge in [0, 0.05) is 22.3 Å². The highest BCUT2D eigenvalue weighted by molar-refractivity contribution is 7.11. The number of aromatic nitrogens is 1. The molecule has 4 heteroatoms. The monoisotopic (exact) mass is 266 g/mol. The second-order valence-electron chi connectivity index (χ2n) is 4.18. The van der Waals surface area contributed by atoms with E-state index in [0.717, 1.165) is 18.0 Å². The van der Waals surface area contributed by atoms with Crippen LogP contribution in [-0.4, -0.2) is 11.5 Å². The lowest BCUT2D eigenvalue weighted by atomic mass is 10.2. The minimum Gasteiger partial charge on any atom is -0.308 e. The van der Waals surface area contributed by atoms with Gasteiger partial charge in [0.15, 0.2) is 0 Å². The number of nitrogens with one attached hydrogen (secondary N) is 1. The lowest BCUT2D eigenvalue weighted by Crippen LogP contribution is -2.22. The van der Waals surface area contributed by atoms with E-state index in [0.29, 0.717) is 6.04 Å². The Balaban J connectivity index is 1.85. The van der Waals surface area contributed by atoms with E-state index in [1.165, 1.54) is 15.4 Å². The van der Waals surface area contributed by atoms with Gasteiger partial charge in [-0.2, -0.15) is 0 Å². The molecule has 0 saturated heterocycles. The van der Waals surface area contributed by atoms with Crippen LogP contribution in [0.5, 0.6) is 0 Å². The first kappa shape index (κ1) is 12.7. The molecule has 17 heavy (non-hydrogen) atoms. The van der Waals surface area contributed by atoms with Gasteiger partial charge in [-0.3, -0.25) is 0 Å². The van der Waals surface area contributed by atoms with Crippen molar-refractivity contribution in [2.24, 2.45) is 0 Å². The fourth-order valence-corrected chi connectivity index (χ4v) is 3.53. The molecule has 0 fully saturated rings. The zero-order valence-electron chi connectivity index (χ0n) is 10.5. The van der Waals surface area contributed by atoms with E-state index in [9.17, 15) is 0 Å². The van der Waals surface area contributed by atoms with Gasteiger partial charge in [-0.25, -0.2) is 4.98 Å². The number of hydrogen-bond donors (Lipinski definition) is 1. The summed E-state index contributed by atoms with van der Waals surface area (Å²) < 4.78 is 0. The van der Waals surface area contributed by atoms with Crippen molar-refractivity contribution >= 4 is 22.7 Å². The first-order chi connectivity index (χ1) is 8.16. The van der Waals surface area contributed by atoms with Gasteiger partial charge < -0.3 is 5.32 Å². The summed E-state index contributed by atoms with van der Waals surface area (Å²) in [4.78, 5) is 7.36. The SMILES string of the molecule is Cc1nc(C(C)NCCc2cccs2)c(C)s1. The van der Waals surface area contributed by atoms with E-state index in [4.69, 9.17) is 0 Å². The van der Waals surface area contributed by atoms with Crippen molar-refractivity contribution in [3.63, 3.8) is 0 Å². The lowest BCUT2D eigenvalue weighted by Gasteiger charge is -2.12. The van der Waals surface area contributed by atoms with Crippen LogP contribution in [0.1, 0.15) is 33.4 Å². The maximum Gasteiger partial charge on any atom is 0.0900 e. The third kappa shape index (κ3) is 3.37. The molecule has 2 heterocycles. The van der Waals surface area contributed by atoms with Crippen LogP contribution in [0.3, 0.4) is 0 Å². The Morgan fingerprint density at radius 2 is 2.24 bits per heavy atom. The standard InChI is InChI=1S/C13H18N2S2/c1-9(13-10(2)17-11(3)15-13)14-7-6-12-5-4-8-16-12/h4-5,8-9,14H,6-7H2,1-3H3. The van der Waals surface area contributed by atoms with Gasteiger partial charge in [0.2, 0.25) is 0 Å². The molecule has 0 radical (unpaired) electrons. The molecule has 92 valence electrons. The molecule has 0 aromatic carbocycles. The summed E-state index contributed by atoms with van der Waals surface area (Å²) >= 11 is 3.60. The van der Waals surface area contributed by atoms with Crippen LogP contribution in [0, 0.1) is 13.8 Å². The summed E-state index contributed by atoms with van der Waals surface area (Å²) in [6, 6.07) is 4.65. The van der Waals surface area contributed by atoms with E-state index >= 15 is 0 Å². The molecule has 0 saturated carbocycles. The van der Waals surface area contributed by atoms with Crippen LogP contribution >= 0.6 is 22.7 Å². The second kappa shape index (κ2) is 5.76. The molecule has 0 aliphatic carbocycles. The summed E-state index contributed by atoms with van der Waals surface area (Å²) in [5, 5.41) is 6.83. The highest BCUT2D eigenvalue weighted by Gasteiger charge is 2.12. The molecular weight excluding hydrogens is 248 g/mol. The summed E-state index contributed by atoms with van der Waals surface area (Å²) in [5.41, 5.74) is 1.21. The molecule has 2 nitrogen and oxygen atoms in total. The molecule has 0 amide bonds. The normalized spacial score (nSPS) is 12.9. The number of nitrogens with zero attached hydrogens (tertiary/aromatic N) is 1. The molecule has 1 atom stereocenters. The van der Waals surface area contributed by atoms with Gasteiger partial charge in [0.1, 0.15) is 0 Å². The molecule has 0 spiro atoms. The lowest BCUT2D eigenvalue weighted by molar-refractivity contribution is 0.565. The minimum atomic E-state index is 0.347. The summed E-state index contributed by atoms with van der Waals surface area (Å²) in [6.07, 6.45) is 1.10. The molecular formula is C13H18N2S2. The average Bonchev–Trinajstić information content (AvgIpc) is 2.88. The first-order valence-electron chi connectivity index (χ1n) is 5.86. The third-order valence-electron chi connectivity index (χ3n) is 2.75. The minimum absolute atomic E-state index is 0.347. The van der Waals surface area contributed by atoms with Gasteiger partial charge in [0.25, 0.3) is 0 Å². The van der Waals surface area contributed by atoms with Crippen LogP contribution in [0.4, 0.5) is 0 Å². The van der Waals surface area contributed by atoms with Crippen LogP contribution in [0.2, 0.25) is 0 Å². The van der Waals surface area contributed by atoms with Gasteiger partial charge >= 0.3 is 0 Å². The van der Waals surface area contributed by atoms with Crippen LogP contribution in [0.15, 0.2) is 17.5 Å². The van der Waals surface area contributed by atoms with Crippen molar-refractivity contribution in [3.8, 4) is 0 Å². The van der Waals surface area contributed by atoms with Crippen molar-refractivity contribution in [1.29, 1.82) is 0 Å². The molecule has 1 unspecified atom stereocenters. The summed E-state index contributed by atoms with van der Waals surface area (Å²) in [6.45, 7) is 7.42. The molecule has 2 rings (SSSR count). The van der Waals surface area contributed by atoms with Crippen molar-refractivity contribution in [1.82, 2.24) is 10.3 Å². The Hall–Kier alpha value is -0.710. The Labute approximate surface area is 111 Å². The molecule has 1 N–H and O–H groups in total. The maximum atomic E-state index is 4.58. The van der Waals surface area contributed by atoms with E-state index in [1.54, 1.807) is 11.3 Å². The maximum absolute atomic E-state index is 4.58. The average molecular weight is 266 g/mol. The Morgan fingerprint density at radius 3 is 2.82 bits per heavy atom. The third-order valence-corrected chi connectivity index (χ3v) is 4.59. The fraction of sp³-hybridized carbons (Fsp3) is 0.462. The number of thiazole rings is 1. The quantitative estimate of drug-likeness (QED) is 0.892. The van der Waals surface area contributed by atoms with E-state index in [2.05, 4.69) is 48.6 Å². The van der Waals surface area contributed by atoms with Gasteiger partial charge in [-0.05, 0) is 38.6 Å². The molecule has 0 aliphatic rings. The molecule has 2 aromatic heterocycles. The molecule has 2 aromatic rings. The topological polar surface area (TPSA) is 24.9 Å². The van der Waals surface area contributed by atoms with Crippen LogP contribution in [0.25, 0.3) is 0 Å². The van der Waals surface area contributed by atoms with Crippen molar-refractivity contribution in [2.45, 2.75) is 33.2 Å². The van der Waals surface area contributed by atoms with Gasteiger partial charge in [0.05, 0.1) is 10.7 Å². The largest absolute Gasteiger partial charge is 0.308 e. The Bertz CT molecular complexity index is 460. The van der Waals surface area contributed by atoms with Crippen LogP contribution in [-0.2, 0) is 6.42 Å². The highest BCUT2D eigenvalue weighted by Crippen LogP contribution is 2.22. The predicted molar refractivity (Wildman–Crippen MR) is 76.0 cm³/mol. The van der Waals surface area contributed by atoms with Crippen LogP contribution < -0.4 is 5.32 Å². The number of thiophene rings is 1. The molecule has 0 bridgehead atoms.